The third-order valence-corrected chi connectivity index (χ3v) is 4.19. The van der Waals surface area contributed by atoms with Gasteiger partial charge in [0.05, 0.1) is 12.2 Å². The van der Waals surface area contributed by atoms with Crippen LogP contribution in [0.25, 0.3) is 0 Å². The summed E-state index contributed by atoms with van der Waals surface area (Å²) in [5.41, 5.74) is 2.73. The zero-order valence-corrected chi connectivity index (χ0v) is 14.2. The molecule has 0 saturated carbocycles. The number of H-pyrrole nitrogens is 1. The Balaban J connectivity index is 1.93. The highest BCUT2D eigenvalue weighted by Gasteiger charge is 2.24. The maximum atomic E-state index is 12.2. The lowest BCUT2D eigenvalue weighted by Crippen LogP contribution is -2.38. The highest BCUT2D eigenvalue weighted by atomic mass is 16.3. The molecule has 124 valence electrons. The molecule has 1 heterocycles. The van der Waals surface area contributed by atoms with Crippen molar-refractivity contribution in [3.8, 4) is 0 Å². The summed E-state index contributed by atoms with van der Waals surface area (Å²) in [6, 6.07) is 9.35. The highest BCUT2D eigenvalue weighted by molar-refractivity contribution is 5.77. The van der Waals surface area contributed by atoms with E-state index in [-0.39, 0.29) is 18.4 Å². The lowest BCUT2D eigenvalue weighted by atomic mass is 9.94. The van der Waals surface area contributed by atoms with Gasteiger partial charge in [0.1, 0.15) is 5.60 Å². The summed E-state index contributed by atoms with van der Waals surface area (Å²) < 4.78 is 0. The van der Waals surface area contributed by atoms with E-state index in [1.165, 1.54) is 0 Å². The SMILES string of the molecule is Cc1n[nH]c(C)c1C(C)CC(=O)NCC(C)(O)c1ccccc1. The number of hydrogen-bond acceptors (Lipinski definition) is 3. The fraction of sp³-hybridized carbons (Fsp3) is 0.444. The summed E-state index contributed by atoms with van der Waals surface area (Å²) in [6.45, 7) is 7.81. The fourth-order valence-electron chi connectivity index (χ4n) is 2.91. The van der Waals surface area contributed by atoms with Gasteiger partial charge in [0, 0.05) is 12.1 Å². The molecule has 0 fully saturated rings. The van der Waals surface area contributed by atoms with E-state index in [4.69, 9.17) is 0 Å². The zero-order valence-electron chi connectivity index (χ0n) is 14.2. The molecule has 0 aliphatic heterocycles. The molecule has 5 heteroatoms. The first kappa shape index (κ1) is 17.2. The minimum absolute atomic E-state index is 0.0753. The zero-order chi connectivity index (χ0) is 17.0. The number of aryl methyl sites for hydroxylation is 2. The summed E-state index contributed by atoms with van der Waals surface area (Å²) in [6.07, 6.45) is 0.367. The largest absolute Gasteiger partial charge is 0.384 e. The van der Waals surface area contributed by atoms with Gasteiger partial charge in [-0.3, -0.25) is 9.89 Å². The summed E-state index contributed by atoms with van der Waals surface area (Å²) in [5, 5.41) is 20.5. The predicted molar refractivity (Wildman–Crippen MR) is 90.1 cm³/mol. The first-order chi connectivity index (χ1) is 10.8. The van der Waals surface area contributed by atoms with Crippen molar-refractivity contribution in [3.05, 3.63) is 52.8 Å². The molecule has 1 aromatic heterocycles. The van der Waals surface area contributed by atoms with Crippen molar-refractivity contribution in [3.63, 3.8) is 0 Å². The number of aliphatic hydroxyl groups is 1. The Bertz CT molecular complexity index is 643. The van der Waals surface area contributed by atoms with Gasteiger partial charge in [-0.05, 0) is 37.8 Å². The molecular formula is C18H25N3O2. The van der Waals surface area contributed by atoms with Crippen LogP contribution in [0.5, 0.6) is 0 Å². The smallest absolute Gasteiger partial charge is 0.220 e. The van der Waals surface area contributed by atoms with Crippen LogP contribution < -0.4 is 5.32 Å². The molecule has 1 aromatic carbocycles. The summed E-state index contributed by atoms with van der Waals surface area (Å²) in [5.74, 6) is 0.00382. The Morgan fingerprint density at radius 3 is 2.57 bits per heavy atom. The number of benzene rings is 1. The van der Waals surface area contributed by atoms with Gasteiger partial charge in [0.15, 0.2) is 0 Å². The van der Waals surface area contributed by atoms with E-state index in [1.807, 2.05) is 51.1 Å². The average Bonchev–Trinajstić information content (AvgIpc) is 2.85. The Labute approximate surface area is 137 Å². The summed E-state index contributed by atoms with van der Waals surface area (Å²) >= 11 is 0. The second-order valence-electron chi connectivity index (χ2n) is 6.37. The van der Waals surface area contributed by atoms with E-state index in [0.717, 1.165) is 22.5 Å². The van der Waals surface area contributed by atoms with E-state index in [2.05, 4.69) is 15.5 Å². The van der Waals surface area contributed by atoms with E-state index in [9.17, 15) is 9.90 Å². The molecule has 3 N–H and O–H groups in total. The van der Waals surface area contributed by atoms with Crippen LogP contribution in [0.1, 0.15) is 48.7 Å². The first-order valence-electron chi connectivity index (χ1n) is 7.87. The van der Waals surface area contributed by atoms with E-state index in [0.29, 0.717) is 6.42 Å². The standard InChI is InChI=1S/C18H25N3O2/c1-12(17-13(2)20-21-14(17)3)10-16(22)19-11-18(4,23)15-8-6-5-7-9-15/h5-9,12,23H,10-11H2,1-4H3,(H,19,22)(H,20,21). The van der Waals surface area contributed by atoms with Gasteiger partial charge in [-0.1, -0.05) is 37.3 Å². The van der Waals surface area contributed by atoms with Gasteiger partial charge in [-0.25, -0.2) is 0 Å². The molecule has 23 heavy (non-hydrogen) atoms. The van der Waals surface area contributed by atoms with Crippen molar-refractivity contribution in [2.24, 2.45) is 0 Å². The van der Waals surface area contributed by atoms with Gasteiger partial charge >= 0.3 is 0 Å². The van der Waals surface area contributed by atoms with Crippen LogP contribution in [0.15, 0.2) is 30.3 Å². The van der Waals surface area contributed by atoms with Crippen LogP contribution in [0.2, 0.25) is 0 Å². The number of aromatic amines is 1. The van der Waals surface area contributed by atoms with Gasteiger partial charge in [0.25, 0.3) is 0 Å². The molecule has 1 amide bonds. The van der Waals surface area contributed by atoms with Gasteiger partial charge in [-0.2, -0.15) is 5.10 Å². The second kappa shape index (κ2) is 6.96. The van der Waals surface area contributed by atoms with E-state index in [1.54, 1.807) is 6.92 Å². The molecule has 0 radical (unpaired) electrons. The lowest BCUT2D eigenvalue weighted by Gasteiger charge is -2.24. The molecule has 2 aromatic rings. The topological polar surface area (TPSA) is 78.0 Å². The van der Waals surface area contributed by atoms with Gasteiger partial charge in [0.2, 0.25) is 5.91 Å². The van der Waals surface area contributed by atoms with Crippen molar-refractivity contribution in [1.29, 1.82) is 0 Å². The van der Waals surface area contributed by atoms with Gasteiger partial charge < -0.3 is 10.4 Å². The molecule has 0 aliphatic carbocycles. The monoisotopic (exact) mass is 315 g/mol. The molecule has 0 bridgehead atoms. The average molecular weight is 315 g/mol. The van der Waals surface area contributed by atoms with Crippen molar-refractivity contribution >= 4 is 5.91 Å². The maximum Gasteiger partial charge on any atom is 0.220 e. The minimum atomic E-state index is -1.08. The van der Waals surface area contributed by atoms with Crippen LogP contribution in [-0.4, -0.2) is 27.8 Å². The molecule has 2 rings (SSSR count). The number of carbonyl (C=O) groups excluding carboxylic acids is 1. The molecule has 5 nitrogen and oxygen atoms in total. The van der Waals surface area contributed by atoms with Crippen molar-refractivity contribution in [1.82, 2.24) is 15.5 Å². The quantitative estimate of drug-likeness (QED) is 0.766. The van der Waals surface area contributed by atoms with Crippen LogP contribution in [-0.2, 0) is 10.4 Å². The number of nitrogens with one attached hydrogen (secondary N) is 2. The number of carbonyl (C=O) groups is 1. The number of hydrogen-bond donors (Lipinski definition) is 3. The van der Waals surface area contributed by atoms with Crippen molar-refractivity contribution in [2.45, 2.75) is 45.6 Å². The van der Waals surface area contributed by atoms with E-state index < -0.39 is 5.60 Å². The summed E-state index contributed by atoms with van der Waals surface area (Å²) in [4.78, 5) is 12.2. The molecule has 0 saturated heterocycles. The Kier molecular flexibility index (Phi) is 5.21. The number of nitrogens with zero attached hydrogens (tertiary/aromatic N) is 1. The molecular weight excluding hydrogens is 290 g/mol. The molecule has 2 atom stereocenters. The Hall–Kier alpha value is -2.14. The first-order valence-corrected chi connectivity index (χ1v) is 7.87. The number of aromatic nitrogens is 2. The predicted octanol–water partition coefficient (Wildman–Crippen LogP) is 2.54. The Morgan fingerprint density at radius 2 is 2.00 bits per heavy atom. The lowest BCUT2D eigenvalue weighted by molar-refractivity contribution is -0.122. The highest BCUT2D eigenvalue weighted by Crippen LogP contribution is 2.24. The van der Waals surface area contributed by atoms with Crippen LogP contribution >= 0.6 is 0 Å². The number of amides is 1. The van der Waals surface area contributed by atoms with Crippen LogP contribution in [0, 0.1) is 13.8 Å². The Morgan fingerprint density at radius 1 is 1.35 bits per heavy atom. The molecule has 2 unspecified atom stereocenters. The molecule has 0 aliphatic rings. The summed E-state index contributed by atoms with van der Waals surface area (Å²) in [7, 11) is 0. The number of rotatable bonds is 6. The maximum absolute atomic E-state index is 12.2. The van der Waals surface area contributed by atoms with Crippen LogP contribution in [0.3, 0.4) is 0 Å². The van der Waals surface area contributed by atoms with Crippen molar-refractivity contribution in [2.75, 3.05) is 6.54 Å². The third kappa shape index (κ3) is 4.20. The third-order valence-electron chi connectivity index (χ3n) is 4.19. The van der Waals surface area contributed by atoms with Crippen LogP contribution in [0.4, 0.5) is 0 Å². The second-order valence-corrected chi connectivity index (χ2v) is 6.37. The van der Waals surface area contributed by atoms with E-state index >= 15 is 0 Å². The fourth-order valence-corrected chi connectivity index (χ4v) is 2.91. The van der Waals surface area contributed by atoms with Gasteiger partial charge in [-0.15, -0.1) is 0 Å². The minimum Gasteiger partial charge on any atom is -0.384 e. The van der Waals surface area contributed by atoms with Crippen molar-refractivity contribution < 1.29 is 9.90 Å². The normalized spacial score (nSPS) is 15.0. The molecule has 0 spiro atoms.